The maximum absolute atomic E-state index is 14.2. The molecule has 7 nitrogen and oxygen atoms in total. The zero-order valence-electron chi connectivity index (χ0n) is 17.5. The zero-order chi connectivity index (χ0) is 23.4. The summed E-state index contributed by atoms with van der Waals surface area (Å²) in [5.41, 5.74) is -2.47. The number of nitrogens with zero attached hydrogens (tertiary/aromatic N) is 2. The number of alkyl halides is 3. The van der Waals surface area contributed by atoms with E-state index in [0.29, 0.717) is 16.9 Å². The first-order valence-electron chi connectivity index (χ1n) is 9.84. The Kier molecular flexibility index (Phi) is 6.71. The molecule has 1 heterocycles. The number of amides is 2. The lowest BCUT2D eigenvalue weighted by Crippen LogP contribution is -2.63. The van der Waals surface area contributed by atoms with Gasteiger partial charge in [0.2, 0.25) is 0 Å². The van der Waals surface area contributed by atoms with Crippen LogP contribution >= 0.6 is 0 Å². The molecule has 1 aliphatic heterocycles. The lowest BCUT2D eigenvalue weighted by atomic mass is 10.1. The Balaban J connectivity index is 2.02. The first-order valence-corrected chi connectivity index (χ1v) is 9.84. The molecule has 1 atom stereocenters. The van der Waals surface area contributed by atoms with E-state index in [0.717, 1.165) is 4.90 Å². The molecule has 0 fully saturated rings. The van der Waals surface area contributed by atoms with Gasteiger partial charge in [-0.2, -0.15) is 13.2 Å². The van der Waals surface area contributed by atoms with Gasteiger partial charge in [0.05, 0.1) is 13.7 Å². The standard InChI is InChI=1S/C22H22F3N3O4/c1-3-32-20(30)27-21(22(23,24)25)19(29)28(18(26-21)16-10-5-4-6-11-16)14-13-15-9-7-8-12-17(15)31-2/h4-12H,3,13-14H2,1-2H3,(H,27,30)/t21-/m0/s1. The van der Waals surface area contributed by atoms with E-state index in [4.69, 9.17) is 4.74 Å². The first kappa shape index (κ1) is 23.1. The number of ether oxygens (including phenoxy) is 2. The van der Waals surface area contributed by atoms with E-state index in [2.05, 4.69) is 9.73 Å². The predicted octanol–water partition coefficient (Wildman–Crippen LogP) is 3.53. The van der Waals surface area contributed by atoms with E-state index in [1.165, 1.54) is 14.0 Å². The molecule has 170 valence electrons. The van der Waals surface area contributed by atoms with E-state index < -0.39 is 23.8 Å². The van der Waals surface area contributed by atoms with Crippen LogP contribution in [0.25, 0.3) is 0 Å². The number of carbonyl (C=O) groups is 2. The fourth-order valence-electron chi connectivity index (χ4n) is 3.37. The largest absolute Gasteiger partial charge is 0.496 e. The second-order valence-corrected chi connectivity index (χ2v) is 6.87. The van der Waals surface area contributed by atoms with Crippen molar-refractivity contribution >= 4 is 17.8 Å². The van der Waals surface area contributed by atoms with Crippen LogP contribution in [0, 0.1) is 0 Å². The van der Waals surface area contributed by atoms with Gasteiger partial charge in [0.25, 0.3) is 5.91 Å². The van der Waals surface area contributed by atoms with Gasteiger partial charge >= 0.3 is 17.9 Å². The summed E-state index contributed by atoms with van der Waals surface area (Å²) in [6, 6.07) is 15.0. The van der Waals surface area contributed by atoms with Crippen LogP contribution in [0.5, 0.6) is 5.75 Å². The van der Waals surface area contributed by atoms with Gasteiger partial charge in [-0.05, 0) is 25.0 Å². The number of carbonyl (C=O) groups excluding carboxylic acids is 2. The van der Waals surface area contributed by atoms with Crippen molar-refractivity contribution in [1.82, 2.24) is 10.2 Å². The van der Waals surface area contributed by atoms with Crippen LogP contribution < -0.4 is 10.1 Å². The van der Waals surface area contributed by atoms with Crippen LogP contribution in [-0.2, 0) is 16.0 Å². The Morgan fingerprint density at radius 3 is 2.41 bits per heavy atom. The Morgan fingerprint density at radius 2 is 1.78 bits per heavy atom. The Bertz CT molecular complexity index is 1010. The van der Waals surface area contributed by atoms with Crippen LogP contribution in [0.2, 0.25) is 0 Å². The van der Waals surface area contributed by atoms with Crippen molar-refractivity contribution in [3.63, 3.8) is 0 Å². The minimum atomic E-state index is -5.20. The number of rotatable bonds is 7. The highest BCUT2D eigenvalue weighted by Crippen LogP contribution is 2.38. The van der Waals surface area contributed by atoms with Crippen LogP contribution in [0.3, 0.4) is 0 Å². The highest BCUT2D eigenvalue weighted by molar-refractivity contribution is 6.16. The predicted molar refractivity (Wildman–Crippen MR) is 110 cm³/mol. The molecule has 2 aromatic carbocycles. The second-order valence-electron chi connectivity index (χ2n) is 6.87. The van der Waals surface area contributed by atoms with Gasteiger partial charge in [-0.3, -0.25) is 15.0 Å². The van der Waals surface area contributed by atoms with Crippen molar-refractivity contribution < 1.29 is 32.2 Å². The van der Waals surface area contributed by atoms with E-state index in [-0.39, 0.29) is 25.4 Å². The number of halogens is 3. The molecule has 0 spiro atoms. The van der Waals surface area contributed by atoms with Crippen molar-refractivity contribution in [2.75, 3.05) is 20.3 Å². The highest BCUT2D eigenvalue weighted by Gasteiger charge is 2.67. The smallest absolute Gasteiger partial charge is 0.442 e. The maximum Gasteiger partial charge on any atom is 0.442 e. The molecular formula is C22H22F3N3O4. The van der Waals surface area contributed by atoms with Crippen LogP contribution in [-0.4, -0.2) is 54.8 Å². The molecule has 32 heavy (non-hydrogen) atoms. The molecule has 10 heteroatoms. The monoisotopic (exact) mass is 449 g/mol. The van der Waals surface area contributed by atoms with Crippen molar-refractivity contribution in [2.45, 2.75) is 25.2 Å². The number of amidine groups is 1. The average Bonchev–Trinajstić information content (AvgIpc) is 3.05. The molecule has 0 saturated carbocycles. The Morgan fingerprint density at radius 1 is 1.12 bits per heavy atom. The number of alkyl carbamates (subject to hydrolysis) is 1. The van der Waals surface area contributed by atoms with Gasteiger partial charge in [0.15, 0.2) is 0 Å². The lowest BCUT2D eigenvalue weighted by Gasteiger charge is -2.28. The molecule has 3 rings (SSSR count). The number of aliphatic imine (C=N–C) groups is 1. The van der Waals surface area contributed by atoms with Crippen molar-refractivity contribution in [3.8, 4) is 5.75 Å². The first-order chi connectivity index (χ1) is 15.2. The third-order valence-corrected chi connectivity index (χ3v) is 4.88. The van der Waals surface area contributed by atoms with Gasteiger partial charge in [0, 0.05) is 12.1 Å². The quantitative estimate of drug-likeness (QED) is 0.702. The molecule has 0 unspecified atom stereocenters. The molecule has 0 bridgehead atoms. The Labute approximate surface area is 182 Å². The summed E-state index contributed by atoms with van der Waals surface area (Å²) in [4.78, 5) is 29.7. The molecule has 0 saturated heterocycles. The highest BCUT2D eigenvalue weighted by atomic mass is 19.4. The lowest BCUT2D eigenvalue weighted by molar-refractivity contribution is -0.196. The fraction of sp³-hybridized carbons (Fsp3) is 0.318. The molecule has 0 radical (unpaired) electrons. The van der Waals surface area contributed by atoms with Gasteiger partial charge in [0.1, 0.15) is 11.6 Å². The number of benzene rings is 2. The van der Waals surface area contributed by atoms with Crippen molar-refractivity contribution in [2.24, 2.45) is 4.99 Å². The van der Waals surface area contributed by atoms with Crippen LogP contribution in [0.1, 0.15) is 18.1 Å². The van der Waals surface area contributed by atoms with Gasteiger partial charge in [-0.1, -0.05) is 48.5 Å². The topological polar surface area (TPSA) is 80.2 Å². The summed E-state index contributed by atoms with van der Waals surface area (Å²) < 4.78 is 52.4. The normalized spacial score (nSPS) is 18.3. The summed E-state index contributed by atoms with van der Waals surface area (Å²) >= 11 is 0. The number of para-hydroxylation sites is 1. The van der Waals surface area contributed by atoms with Crippen LogP contribution in [0.4, 0.5) is 18.0 Å². The van der Waals surface area contributed by atoms with E-state index in [1.807, 2.05) is 0 Å². The summed E-state index contributed by atoms with van der Waals surface area (Å²) in [5, 5.41) is 1.64. The Hall–Kier alpha value is -3.56. The fourth-order valence-corrected chi connectivity index (χ4v) is 3.37. The summed E-state index contributed by atoms with van der Waals surface area (Å²) in [6.45, 7) is 1.16. The van der Waals surface area contributed by atoms with Gasteiger partial charge < -0.3 is 9.47 Å². The van der Waals surface area contributed by atoms with Crippen molar-refractivity contribution in [3.05, 3.63) is 65.7 Å². The summed E-state index contributed by atoms with van der Waals surface area (Å²) in [5.74, 6) is -1.06. The van der Waals surface area contributed by atoms with Gasteiger partial charge in [-0.25, -0.2) is 9.79 Å². The van der Waals surface area contributed by atoms with Crippen LogP contribution in [0.15, 0.2) is 59.6 Å². The third kappa shape index (κ3) is 4.39. The van der Waals surface area contributed by atoms with Gasteiger partial charge in [-0.15, -0.1) is 0 Å². The summed E-state index contributed by atoms with van der Waals surface area (Å²) in [6.07, 6.45) is -6.38. The van der Waals surface area contributed by atoms with E-state index in [1.54, 1.807) is 59.9 Å². The molecule has 1 aliphatic rings. The van der Waals surface area contributed by atoms with E-state index >= 15 is 0 Å². The number of hydrogen-bond donors (Lipinski definition) is 1. The maximum atomic E-state index is 14.2. The number of hydrogen-bond acceptors (Lipinski definition) is 5. The SMILES string of the molecule is CCOC(=O)N[C@@]1(C(F)(F)F)N=C(c2ccccc2)N(CCc2ccccc2OC)C1=O. The van der Waals surface area contributed by atoms with E-state index in [9.17, 15) is 22.8 Å². The zero-order valence-corrected chi connectivity index (χ0v) is 17.5. The average molecular weight is 449 g/mol. The van der Waals surface area contributed by atoms with Crippen molar-refractivity contribution in [1.29, 1.82) is 0 Å². The summed E-state index contributed by atoms with van der Waals surface area (Å²) in [7, 11) is 1.48. The number of nitrogens with one attached hydrogen (secondary N) is 1. The molecule has 1 N–H and O–H groups in total. The molecule has 0 aromatic heterocycles. The minimum Gasteiger partial charge on any atom is -0.496 e. The number of methoxy groups -OCH3 is 1. The third-order valence-electron chi connectivity index (χ3n) is 4.88. The second kappa shape index (κ2) is 9.29. The minimum absolute atomic E-state index is 0.116. The molecule has 2 amide bonds. The molecular weight excluding hydrogens is 427 g/mol. The molecule has 2 aromatic rings. The molecule has 0 aliphatic carbocycles.